The molecule has 0 aliphatic heterocycles. The minimum atomic E-state index is -0.504. The van der Waals surface area contributed by atoms with Crippen molar-refractivity contribution >= 4 is 0 Å². The second kappa shape index (κ2) is 6.54. The van der Waals surface area contributed by atoms with Crippen LogP contribution in [-0.2, 0) is 0 Å². The Hall–Kier alpha value is -3.15. The van der Waals surface area contributed by atoms with Crippen LogP contribution in [0.1, 0.15) is 0 Å². The van der Waals surface area contributed by atoms with Gasteiger partial charge in [0.25, 0.3) is 5.56 Å². The number of nitrogens with one attached hydrogen (secondary N) is 1. The molecule has 0 fully saturated rings. The summed E-state index contributed by atoms with van der Waals surface area (Å²) >= 11 is 0. The Balaban J connectivity index is 2.15. The number of aromatic nitrogens is 2. The van der Waals surface area contributed by atoms with Gasteiger partial charge in [0.1, 0.15) is 5.75 Å². The van der Waals surface area contributed by atoms with Gasteiger partial charge in [-0.1, -0.05) is 6.07 Å². The van der Waals surface area contributed by atoms with Gasteiger partial charge in [-0.2, -0.15) is 5.10 Å². The molecule has 0 saturated carbocycles. The molecule has 6 heteroatoms. The lowest BCUT2D eigenvalue weighted by molar-refractivity contribution is 0.386. The number of halogens is 1. The highest BCUT2D eigenvalue weighted by molar-refractivity contribution is 5.80. The van der Waals surface area contributed by atoms with Crippen LogP contribution in [0.5, 0.6) is 11.5 Å². The number of ether oxygens (including phenoxy) is 2. The van der Waals surface area contributed by atoms with Crippen molar-refractivity contribution in [3.8, 4) is 33.9 Å². The molecule has 0 amide bonds. The Kier molecular flexibility index (Phi) is 4.29. The zero-order valence-electron chi connectivity index (χ0n) is 13.2. The van der Waals surface area contributed by atoms with E-state index in [4.69, 9.17) is 9.47 Å². The van der Waals surface area contributed by atoms with Gasteiger partial charge in [0, 0.05) is 17.2 Å². The van der Waals surface area contributed by atoms with E-state index < -0.39 is 5.82 Å². The van der Waals surface area contributed by atoms with Gasteiger partial charge in [-0.15, -0.1) is 0 Å². The fourth-order valence-corrected chi connectivity index (χ4v) is 2.43. The van der Waals surface area contributed by atoms with Gasteiger partial charge in [0.05, 0.1) is 19.9 Å². The van der Waals surface area contributed by atoms with Crippen LogP contribution in [0.3, 0.4) is 0 Å². The molecule has 5 nitrogen and oxygen atoms in total. The number of hydrogen-bond donors (Lipinski definition) is 1. The molecule has 1 heterocycles. The molecule has 2 aromatic carbocycles. The molecule has 0 spiro atoms. The molecule has 3 rings (SSSR count). The Bertz CT molecular complexity index is 920. The van der Waals surface area contributed by atoms with E-state index in [1.54, 1.807) is 25.3 Å². The van der Waals surface area contributed by atoms with Gasteiger partial charge in [0.15, 0.2) is 11.6 Å². The average molecular weight is 326 g/mol. The lowest BCUT2D eigenvalue weighted by atomic mass is 10.00. The number of methoxy groups -OCH3 is 2. The quantitative estimate of drug-likeness (QED) is 0.799. The predicted octanol–water partition coefficient (Wildman–Crippen LogP) is 3.26. The molecule has 0 radical (unpaired) electrons. The van der Waals surface area contributed by atoms with E-state index in [1.165, 1.54) is 25.3 Å². The van der Waals surface area contributed by atoms with Gasteiger partial charge in [-0.3, -0.25) is 4.79 Å². The molecule has 0 aliphatic rings. The molecule has 0 unspecified atom stereocenters. The van der Waals surface area contributed by atoms with Crippen LogP contribution >= 0.6 is 0 Å². The van der Waals surface area contributed by atoms with Crippen molar-refractivity contribution < 1.29 is 13.9 Å². The summed E-state index contributed by atoms with van der Waals surface area (Å²) in [6, 6.07) is 13.2. The molecule has 1 N–H and O–H groups in total. The van der Waals surface area contributed by atoms with E-state index in [0.29, 0.717) is 22.6 Å². The van der Waals surface area contributed by atoms with E-state index >= 15 is 0 Å². The van der Waals surface area contributed by atoms with Gasteiger partial charge >= 0.3 is 0 Å². The highest BCUT2D eigenvalue weighted by Gasteiger charge is 2.13. The third-order valence-electron chi connectivity index (χ3n) is 3.63. The zero-order valence-corrected chi connectivity index (χ0v) is 13.2. The molecule has 122 valence electrons. The maximum Gasteiger partial charge on any atom is 0.264 e. The fraction of sp³-hybridized carbons (Fsp3) is 0.111. The summed E-state index contributed by atoms with van der Waals surface area (Å²) in [6.45, 7) is 0. The van der Waals surface area contributed by atoms with Crippen molar-refractivity contribution in [1.29, 1.82) is 0 Å². The molecule has 0 saturated heterocycles. The van der Waals surface area contributed by atoms with Gasteiger partial charge < -0.3 is 9.47 Å². The van der Waals surface area contributed by atoms with Gasteiger partial charge in [-0.05, 0) is 42.0 Å². The summed E-state index contributed by atoms with van der Waals surface area (Å²) in [7, 11) is 2.98. The third kappa shape index (κ3) is 2.99. The molecule has 3 aromatic rings. The van der Waals surface area contributed by atoms with Crippen LogP contribution in [0.15, 0.2) is 53.3 Å². The Morgan fingerprint density at radius 1 is 0.958 bits per heavy atom. The van der Waals surface area contributed by atoms with Crippen LogP contribution in [0, 0.1) is 5.82 Å². The number of rotatable bonds is 4. The summed E-state index contributed by atoms with van der Waals surface area (Å²) < 4.78 is 24.1. The van der Waals surface area contributed by atoms with Gasteiger partial charge in [-0.25, -0.2) is 9.49 Å². The fourth-order valence-electron chi connectivity index (χ4n) is 2.43. The summed E-state index contributed by atoms with van der Waals surface area (Å²) in [4.78, 5) is 11.7. The first-order chi connectivity index (χ1) is 11.6. The first-order valence-electron chi connectivity index (χ1n) is 7.20. The largest absolute Gasteiger partial charge is 0.497 e. The standard InChI is InChI=1S/C18H15FN2O3/c1-23-13-6-3-11(4-7-13)18-14(10-17(22)20-21-18)12-5-8-16(24-2)15(19)9-12/h3-10H,1-2H3,(H,20,22). The smallest absolute Gasteiger partial charge is 0.264 e. The number of hydrogen-bond acceptors (Lipinski definition) is 4. The van der Waals surface area contributed by atoms with Crippen molar-refractivity contribution in [1.82, 2.24) is 10.2 Å². The first-order valence-corrected chi connectivity index (χ1v) is 7.20. The molecule has 0 aliphatic carbocycles. The van der Waals surface area contributed by atoms with E-state index in [0.717, 1.165) is 5.56 Å². The lowest BCUT2D eigenvalue weighted by Crippen LogP contribution is -2.08. The summed E-state index contributed by atoms with van der Waals surface area (Å²) in [5.41, 5.74) is 2.03. The summed E-state index contributed by atoms with van der Waals surface area (Å²) in [6.07, 6.45) is 0. The van der Waals surface area contributed by atoms with E-state index in [2.05, 4.69) is 10.2 Å². The van der Waals surface area contributed by atoms with Crippen LogP contribution in [-0.4, -0.2) is 24.4 Å². The summed E-state index contributed by atoms with van der Waals surface area (Å²) in [5, 5.41) is 6.54. The van der Waals surface area contributed by atoms with E-state index in [-0.39, 0.29) is 11.3 Å². The highest BCUT2D eigenvalue weighted by atomic mass is 19.1. The van der Waals surface area contributed by atoms with E-state index in [9.17, 15) is 9.18 Å². The van der Waals surface area contributed by atoms with Crippen molar-refractivity contribution in [2.45, 2.75) is 0 Å². The molecular formula is C18H15FN2O3. The second-order valence-electron chi connectivity index (χ2n) is 5.07. The predicted molar refractivity (Wildman–Crippen MR) is 88.8 cm³/mol. The van der Waals surface area contributed by atoms with Crippen molar-refractivity contribution in [2.24, 2.45) is 0 Å². The van der Waals surface area contributed by atoms with Crippen LogP contribution < -0.4 is 15.0 Å². The summed E-state index contributed by atoms with van der Waals surface area (Å²) in [5.74, 6) is 0.346. The van der Waals surface area contributed by atoms with Crippen molar-refractivity contribution in [3.05, 3.63) is 64.7 Å². The Labute approximate surface area is 137 Å². The lowest BCUT2D eigenvalue weighted by Gasteiger charge is -2.10. The topological polar surface area (TPSA) is 64.2 Å². The van der Waals surface area contributed by atoms with Crippen LogP contribution in [0.4, 0.5) is 4.39 Å². The number of aromatic amines is 1. The maximum atomic E-state index is 14.0. The molecule has 0 bridgehead atoms. The van der Waals surface area contributed by atoms with Crippen molar-refractivity contribution in [3.63, 3.8) is 0 Å². The van der Waals surface area contributed by atoms with Crippen LogP contribution in [0.2, 0.25) is 0 Å². The first kappa shape index (κ1) is 15.7. The van der Waals surface area contributed by atoms with Crippen LogP contribution in [0.25, 0.3) is 22.4 Å². The minimum absolute atomic E-state index is 0.141. The average Bonchev–Trinajstić information content (AvgIpc) is 2.61. The molecule has 0 atom stereocenters. The number of H-pyrrole nitrogens is 1. The number of nitrogens with zero attached hydrogens (tertiary/aromatic N) is 1. The normalized spacial score (nSPS) is 10.5. The monoisotopic (exact) mass is 326 g/mol. The third-order valence-corrected chi connectivity index (χ3v) is 3.63. The Morgan fingerprint density at radius 3 is 2.29 bits per heavy atom. The highest BCUT2D eigenvalue weighted by Crippen LogP contribution is 2.32. The molecule has 1 aromatic heterocycles. The van der Waals surface area contributed by atoms with Gasteiger partial charge in [0.2, 0.25) is 0 Å². The maximum absolute atomic E-state index is 14.0. The van der Waals surface area contributed by atoms with E-state index in [1.807, 2.05) is 12.1 Å². The Morgan fingerprint density at radius 2 is 1.67 bits per heavy atom. The number of benzene rings is 2. The zero-order chi connectivity index (χ0) is 17.1. The molecular weight excluding hydrogens is 311 g/mol. The minimum Gasteiger partial charge on any atom is -0.497 e. The molecule has 24 heavy (non-hydrogen) atoms. The second-order valence-corrected chi connectivity index (χ2v) is 5.07. The SMILES string of the molecule is COc1ccc(-c2n[nH]c(=O)cc2-c2ccc(OC)c(F)c2)cc1. The van der Waals surface area contributed by atoms with Crippen molar-refractivity contribution in [2.75, 3.05) is 14.2 Å².